The van der Waals surface area contributed by atoms with Crippen molar-refractivity contribution < 1.29 is 14.7 Å². The molecule has 0 unspecified atom stereocenters. The topological polar surface area (TPSA) is 57.6 Å². The first kappa shape index (κ1) is 19.2. The first-order valence-electron chi connectivity index (χ1n) is 9.76. The number of carboxylic acid groups (broad SMARTS) is 1. The van der Waals surface area contributed by atoms with Gasteiger partial charge in [-0.05, 0) is 55.2 Å². The van der Waals surface area contributed by atoms with Crippen LogP contribution in [0.3, 0.4) is 0 Å². The Labute approximate surface area is 160 Å². The van der Waals surface area contributed by atoms with E-state index in [1.807, 2.05) is 35.2 Å². The Morgan fingerprint density at radius 1 is 0.963 bits per heavy atom. The number of carbonyl (C=O) groups excluding carboxylic acids is 1. The second kappa shape index (κ2) is 9.36. The molecule has 0 bridgehead atoms. The molecule has 1 aliphatic heterocycles. The maximum absolute atomic E-state index is 12.4. The third-order valence-electron chi connectivity index (χ3n) is 5.42. The van der Waals surface area contributed by atoms with E-state index >= 15 is 0 Å². The number of carboxylic acids is 1. The molecule has 4 nitrogen and oxygen atoms in total. The van der Waals surface area contributed by atoms with Gasteiger partial charge in [-0.25, -0.2) is 4.79 Å². The summed E-state index contributed by atoms with van der Waals surface area (Å²) in [4.78, 5) is 25.8. The zero-order valence-electron chi connectivity index (χ0n) is 15.6. The van der Waals surface area contributed by atoms with Gasteiger partial charge in [0.05, 0.1) is 5.56 Å². The number of nitrogens with zero attached hydrogens (tertiary/aromatic N) is 1. The number of benzene rings is 2. The van der Waals surface area contributed by atoms with E-state index in [2.05, 4.69) is 12.1 Å². The van der Waals surface area contributed by atoms with Crippen LogP contribution in [0.2, 0.25) is 0 Å². The van der Waals surface area contributed by atoms with Crippen LogP contribution in [0.15, 0.2) is 54.6 Å². The fourth-order valence-electron chi connectivity index (χ4n) is 3.85. The maximum atomic E-state index is 12.4. The first-order chi connectivity index (χ1) is 13.1. The van der Waals surface area contributed by atoms with Crippen molar-refractivity contribution in [3.05, 3.63) is 71.3 Å². The number of piperidine rings is 1. The Morgan fingerprint density at radius 3 is 2.33 bits per heavy atom. The van der Waals surface area contributed by atoms with Gasteiger partial charge in [0, 0.05) is 19.5 Å². The molecule has 1 saturated heterocycles. The van der Waals surface area contributed by atoms with Crippen LogP contribution in [0.25, 0.3) is 0 Å². The summed E-state index contributed by atoms with van der Waals surface area (Å²) in [5, 5.41) is 9.32. The van der Waals surface area contributed by atoms with Crippen LogP contribution < -0.4 is 0 Å². The second-order valence-electron chi connectivity index (χ2n) is 7.33. The number of aryl methyl sites for hydroxylation is 1. The number of carbonyl (C=O) groups is 2. The molecule has 1 aliphatic rings. The fraction of sp³-hybridized carbons (Fsp3) is 0.391. The minimum atomic E-state index is -0.864. The highest BCUT2D eigenvalue weighted by Crippen LogP contribution is 2.24. The lowest BCUT2D eigenvalue weighted by atomic mass is 9.88. The van der Waals surface area contributed by atoms with E-state index in [9.17, 15) is 14.7 Å². The Hall–Kier alpha value is -2.62. The van der Waals surface area contributed by atoms with Crippen LogP contribution in [0.5, 0.6) is 0 Å². The Bertz CT molecular complexity index is 764. The van der Waals surface area contributed by atoms with Crippen molar-refractivity contribution in [1.29, 1.82) is 0 Å². The zero-order chi connectivity index (χ0) is 19.1. The van der Waals surface area contributed by atoms with Gasteiger partial charge in [-0.15, -0.1) is 0 Å². The van der Waals surface area contributed by atoms with Crippen molar-refractivity contribution in [3.63, 3.8) is 0 Å². The first-order valence-corrected chi connectivity index (χ1v) is 9.76. The summed E-state index contributed by atoms with van der Waals surface area (Å²) in [5.74, 6) is -0.175. The quantitative estimate of drug-likeness (QED) is 0.800. The van der Waals surface area contributed by atoms with Crippen LogP contribution in [0, 0.1) is 5.92 Å². The van der Waals surface area contributed by atoms with Crippen LogP contribution in [0.1, 0.15) is 47.2 Å². The fourth-order valence-corrected chi connectivity index (χ4v) is 3.85. The third-order valence-corrected chi connectivity index (χ3v) is 5.42. The lowest BCUT2D eigenvalue weighted by Gasteiger charge is -2.32. The second-order valence-corrected chi connectivity index (χ2v) is 7.33. The van der Waals surface area contributed by atoms with E-state index in [0.717, 1.165) is 50.8 Å². The number of likely N-dealkylation sites (tertiary alicyclic amines) is 1. The molecule has 1 heterocycles. The predicted octanol–water partition coefficient (Wildman–Crippen LogP) is 4.19. The molecule has 27 heavy (non-hydrogen) atoms. The van der Waals surface area contributed by atoms with E-state index in [1.54, 1.807) is 12.1 Å². The molecule has 142 valence electrons. The molecular formula is C23H27NO3. The lowest BCUT2D eigenvalue weighted by Crippen LogP contribution is -2.38. The summed E-state index contributed by atoms with van der Waals surface area (Å²) in [6.07, 6.45) is 5.08. The molecule has 1 amide bonds. The Morgan fingerprint density at radius 2 is 1.63 bits per heavy atom. The van der Waals surface area contributed by atoms with Gasteiger partial charge in [0.25, 0.3) is 0 Å². The molecule has 3 rings (SSSR count). The highest BCUT2D eigenvalue weighted by molar-refractivity contribution is 5.89. The number of rotatable bonds is 7. The van der Waals surface area contributed by atoms with E-state index in [0.29, 0.717) is 17.9 Å². The van der Waals surface area contributed by atoms with E-state index in [1.165, 1.54) is 5.56 Å². The monoisotopic (exact) mass is 365 g/mol. The maximum Gasteiger partial charge on any atom is 0.335 e. The minimum Gasteiger partial charge on any atom is -0.478 e. The van der Waals surface area contributed by atoms with E-state index < -0.39 is 5.97 Å². The molecule has 0 aromatic heterocycles. The predicted molar refractivity (Wildman–Crippen MR) is 106 cm³/mol. The molecule has 1 fully saturated rings. The Balaban J connectivity index is 1.43. The summed E-state index contributed by atoms with van der Waals surface area (Å²) in [5.41, 5.74) is 2.58. The normalized spacial score (nSPS) is 14.9. The standard InChI is InChI=1S/C23H27NO3/c25-22(12-6-9-18-7-2-1-3-8-18)24-15-13-19(14-16-24)17-20-10-4-5-11-21(20)23(26)27/h1-5,7-8,10-11,19H,6,9,12-17H2,(H,26,27). The summed E-state index contributed by atoms with van der Waals surface area (Å²) >= 11 is 0. The molecule has 0 radical (unpaired) electrons. The van der Waals surface area contributed by atoms with Crippen molar-refractivity contribution in [2.24, 2.45) is 5.92 Å². The van der Waals surface area contributed by atoms with E-state index in [4.69, 9.17) is 0 Å². The Kier molecular flexibility index (Phi) is 6.64. The number of amides is 1. The number of hydrogen-bond acceptors (Lipinski definition) is 2. The van der Waals surface area contributed by atoms with Crippen LogP contribution in [-0.4, -0.2) is 35.0 Å². The summed E-state index contributed by atoms with van der Waals surface area (Å²) in [7, 11) is 0. The van der Waals surface area contributed by atoms with Crippen LogP contribution in [-0.2, 0) is 17.6 Å². The molecule has 0 saturated carbocycles. The number of hydrogen-bond donors (Lipinski definition) is 1. The average Bonchev–Trinajstić information content (AvgIpc) is 2.69. The van der Waals surface area contributed by atoms with Crippen molar-refractivity contribution in [2.75, 3.05) is 13.1 Å². The smallest absolute Gasteiger partial charge is 0.335 e. The van der Waals surface area contributed by atoms with Crippen LogP contribution in [0.4, 0.5) is 0 Å². The van der Waals surface area contributed by atoms with Crippen molar-refractivity contribution in [1.82, 2.24) is 4.90 Å². The summed E-state index contributed by atoms with van der Waals surface area (Å²) in [6, 6.07) is 17.5. The summed E-state index contributed by atoms with van der Waals surface area (Å²) < 4.78 is 0. The lowest BCUT2D eigenvalue weighted by molar-refractivity contribution is -0.132. The molecular weight excluding hydrogens is 338 g/mol. The molecule has 1 N–H and O–H groups in total. The van der Waals surface area contributed by atoms with Gasteiger partial charge in [0.2, 0.25) is 5.91 Å². The van der Waals surface area contributed by atoms with Gasteiger partial charge < -0.3 is 10.0 Å². The van der Waals surface area contributed by atoms with Gasteiger partial charge in [0.15, 0.2) is 0 Å². The van der Waals surface area contributed by atoms with Gasteiger partial charge in [-0.2, -0.15) is 0 Å². The largest absolute Gasteiger partial charge is 0.478 e. The van der Waals surface area contributed by atoms with Gasteiger partial charge in [-0.3, -0.25) is 4.79 Å². The van der Waals surface area contributed by atoms with E-state index in [-0.39, 0.29) is 5.91 Å². The molecule has 0 spiro atoms. The van der Waals surface area contributed by atoms with Gasteiger partial charge in [-0.1, -0.05) is 48.5 Å². The van der Waals surface area contributed by atoms with Crippen molar-refractivity contribution >= 4 is 11.9 Å². The number of aromatic carboxylic acids is 1. The highest BCUT2D eigenvalue weighted by Gasteiger charge is 2.23. The van der Waals surface area contributed by atoms with Crippen molar-refractivity contribution in [3.8, 4) is 0 Å². The van der Waals surface area contributed by atoms with Gasteiger partial charge in [0.1, 0.15) is 0 Å². The average molecular weight is 365 g/mol. The molecule has 0 atom stereocenters. The molecule has 0 aliphatic carbocycles. The summed E-state index contributed by atoms with van der Waals surface area (Å²) in [6.45, 7) is 1.56. The minimum absolute atomic E-state index is 0.246. The van der Waals surface area contributed by atoms with Crippen LogP contribution >= 0.6 is 0 Å². The van der Waals surface area contributed by atoms with Gasteiger partial charge >= 0.3 is 5.97 Å². The van der Waals surface area contributed by atoms with Crippen molar-refractivity contribution in [2.45, 2.75) is 38.5 Å². The molecule has 4 heteroatoms. The zero-order valence-corrected chi connectivity index (χ0v) is 15.6. The molecule has 2 aromatic carbocycles. The highest BCUT2D eigenvalue weighted by atomic mass is 16.4. The SMILES string of the molecule is O=C(O)c1ccccc1CC1CCN(C(=O)CCCc2ccccc2)CC1. The molecule has 2 aromatic rings. The third kappa shape index (κ3) is 5.43.